The van der Waals surface area contributed by atoms with E-state index in [1.54, 1.807) is 27.7 Å². The van der Waals surface area contributed by atoms with Gasteiger partial charge in [-0.05, 0) is 27.7 Å². The molecule has 3 heterocycles. The highest BCUT2D eigenvalue weighted by atomic mass is 16.9. The number of carboxylic acid groups (broad SMARTS) is 1. The Morgan fingerprint density at radius 3 is 2.05 bits per heavy atom. The molecule has 3 saturated heterocycles. The highest BCUT2D eigenvalue weighted by Gasteiger charge is 2.62. The molecule has 0 spiro atoms. The van der Waals surface area contributed by atoms with E-state index in [9.17, 15) is 9.90 Å². The molecule has 3 rings (SSSR count). The molecule has 7 nitrogen and oxygen atoms in total. The summed E-state index contributed by atoms with van der Waals surface area (Å²) in [5.74, 6) is -2.79. The van der Waals surface area contributed by atoms with Crippen molar-refractivity contribution >= 4 is 5.97 Å². The molecule has 7 heteroatoms. The van der Waals surface area contributed by atoms with Crippen LogP contribution in [0.1, 0.15) is 27.7 Å². The molecule has 2 unspecified atom stereocenters. The molecule has 0 radical (unpaired) electrons. The van der Waals surface area contributed by atoms with Crippen LogP contribution in [-0.4, -0.2) is 53.4 Å². The van der Waals surface area contributed by atoms with Crippen molar-refractivity contribution < 1.29 is 33.6 Å². The Morgan fingerprint density at radius 1 is 0.895 bits per heavy atom. The Labute approximate surface area is 110 Å². The molecular formula is C12H18O7. The minimum absolute atomic E-state index is 0.489. The second-order valence-electron chi connectivity index (χ2n) is 5.93. The van der Waals surface area contributed by atoms with Gasteiger partial charge in [0.1, 0.15) is 18.3 Å². The predicted octanol–water partition coefficient (Wildman–Crippen LogP) is 0.467. The lowest BCUT2D eigenvalue weighted by Gasteiger charge is -2.35. The fraction of sp³-hybridized carbons (Fsp3) is 0.917. The molecule has 5 atom stereocenters. The maximum absolute atomic E-state index is 11.3. The highest BCUT2D eigenvalue weighted by Crippen LogP contribution is 2.43. The molecule has 1 N–H and O–H groups in total. The second-order valence-corrected chi connectivity index (χ2v) is 5.93. The molecule has 108 valence electrons. The zero-order valence-corrected chi connectivity index (χ0v) is 11.3. The molecule has 0 amide bonds. The SMILES string of the molecule is CC1(C)OC2[C@H](OC(C(=O)O)[C@@H]3OC(C)(C)O[C@H]23)O1. The zero-order valence-electron chi connectivity index (χ0n) is 11.3. The zero-order chi connectivity index (χ0) is 14.0. The summed E-state index contributed by atoms with van der Waals surface area (Å²) in [6, 6.07) is 0. The van der Waals surface area contributed by atoms with E-state index < -0.39 is 48.2 Å². The van der Waals surface area contributed by atoms with Gasteiger partial charge in [-0.1, -0.05) is 0 Å². The van der Waals surface area contributed by atoms with Crippen LogP contribution in [0, 0.1) is 0 Å². The van der Waals surface area contributed by atoms with Crippen molar-refractivity contribution in [3.63, 3.8) is 0 Å². The van der Waals surface area contributed by atoms with Crippen molar-refractivity contribution in [3.8, 4) is 0 Å². The summed E-state index contributed by atoms with van der Waals surface area (Å²) < 4.78 is 28.2. The van der Waals surface area contributed by atoms with Crippen molar-refractivity contribution in [3.05, 3.63) is 0 Å². The summed E-state index contributed by atoms with van der Waals surface area (Å²) in [6.45, 7) is 6.97. The molecule has 0 saturated carbocycles. The van der Waals surface area contributed by atoms with Gasteiger partial charge in [-0.15, -0.1) is 0 Å². The first kappa shape index (κ1) is 13.3. The van der Waals surface area contributed by atoms with Gasteiger partial charge in [-0.25, -0.2) is 4.79 Å². The average Bonchev–Trinajstić information content (AvgIpc) is 2.70. The van der Waals surface area contributed by atoms with Crippen LogP contribution < -0.4 is 0 Å². The van der Waals surface area contributed by atoms with Gasteiger partial charge in [0.05, 0.1) is 0 Å². The first-order valence-electron chi connectivity index (χ1n) is 6.28. The van der Waals surface area contributed by atoms with E-state index in [0.29, 0.717) is 0 Å². The number of rotatable bonds is 1. The number of hydrogen-bond donors (Lipinski definition) is 1. The number of hydrogen-bond acceptors (Lipinski definition) is 6. The molecule has 19 heavy (non-hydrogen) atoms. The van der Waals surface area contributed by atoms with Crippen molar-refractivity contribution in [1.82, 2.24) is 0 Å². The third-order valence-corrected chi connectivity index (χ3v) is 3.40. The van der Waals surface area contributed by atoms with Crippen LogP contribution >= 0.6 is 0 Å². The standard InChI is InChI=1S/C12H18O7/c1-11(2)16-5-6(17-11)8-10(15-7(5)9(13)14)19-12(3,4)18-8/h5-8,10H,1-4H3,(H,13,14)/t5-,6+,7?,8?,10-/m1/s1. The van der Waals surface area contributed by atoms with Gasteiger partial charge in [0.25, 0.3) is 0 Å². The maximum Gasteiger partial charge on any atom is 0.335 e. The van der Waals surface area contributed by atoms with Crippen LogP contribution in [0.2, 0.25) is 0 Å². The lowest BCUT2D eigenvalue weighted by atomic mass is 9.99. The van der Waals surface area contributed by atoms with Gasteiger partial charge in [-0.3, -0.25) is 0 Å². The van der Waals surface area contributed by atoms with Crippen LogP contribution in [0.3, 0.4) is 0 Å². The molecule has 0 bridgehead atoms. The summed E-state index contributed by atoms with van der Waals surface area (Å²) in [5.41, 5.74) is 0. The van der Waals surface area contributed by atoms with Crippen molar-refractivity contribution in [2.24, 2.45) is 0 Å². The van der Waals surface area contributed by atoms with E-state index in [1.165, 1.54) is 0 Å². The van der Waals surface area contributed by atoms with E-state index in [-0.39, 0.29) is 0 Å². The number of ether oxygens (including phenoxy) is 5. The Hall–Kier alpha value is -0.730. The van der Waals surface area contributed by atoms with Crippen LogP contribution in [0.15, 0.2) is 0 Å². The van der Waals surface area contributed by atoms with Crippen LogP contribution in [0.5, 0.6) is 0 Å². The second kappa shape index (κ2) is 3.89. The first-order chi connectivity index (χ1) is 8.69. The molecule has 3 aliphatic rings. The maximum atomic E-state index is 11.3. The summed E-state index contributed by atoms with van der Waals surface area (Å²) in [5, 5.41) is 9.25. The van der Waals surface area contributed by atoms with Gasteiger partial charge in [-0.2, -0.15) is 0 Å². The lowest BCUT2D eigenvalue weighted by Crippen LogP contribution is -2.57. The third-order valence-electron chi connectivity index (χ3n) is 3.40. The van der Waals surface area contributed by atoms with Crippen molar-refractivity contribution in [2.75, 3.05) is 0 Å². The minimum atomic E-state index is -1.12. The van der Waals surface area contributed by atoms with E-state index in [0.717, 1.165) is 0 Å². The van der Waals surface area contributed by atoms with E-state index in [1.807, 2.05) is 0 Å². The fourth-order valence-electron chi connectivity index (χ4n) is 2.81. The Kier molecular flexibility index (Phi) is 2.72. The summed E-state index contributed by atoms with van der Waals surface area (Å²) in [7, 11) is 0. The monoisotopic (exact) mass is 274 g/mol. The predicted molar refractivity (Wildman–Crippen MR) is 60.2 cm³/mol. The van der Waals surface area contributed by atoms with Gasteiger partial charge < -0.3 is 28.8 Å². The van der Waals surface area contributed by atoms with Gasteiger partial charge in [0.2, 0.25) is 0 Å². The molecule has 0 aromatic rings. The van der Waals surface area contributed by atoms with Gasteiger partial charge >= 0.3 is 5.97 Å². The average molecular weight is 274 g/mol. The van der Waals surface area contributed by atoms with E-state index in [4.69, 9.17) is 23.7 Å². The summed E-state index contributed by atoms with van der Waals surface area (Å²) in [6.07, 6.45) is -3.58. The Balaban J connectivity index is 1.91. The first-order valence-corrected chi connectivity index (χ1v) is 6.28. The molecule has 3 aliphatic heterocycles. The van der Waals surface area contributed by atoms with Crippen LogP contribution in [0.25, 0.3) is 0 Å². The third kappa shape index (κ3) is 2.15. The van der Waals surface area contributed by atoms with Crippen LogP contribution in [-0.2, 0) is 28.5 Å². The van der Waals surface area contributed by atoms with E-state index >= 15 is 0 Å². The van der Waals surface area contributed by atoms with Crippen molar-refractivity contribution in [1.29, 1.82) is 0 Å². The highest BCUT2D eigenvalue weighted by molar-refractivity contribution is 5.73. The molecule has 0 aliphatic carbocycles. The number of fused-ring (bicyclic) bond motifs is 3. The summed E-state index contributed by atoms with van der Waals surface area (Å²) in [4.78, 5) is 11.3. The number of carbonyl (C=O) groups is 1. The van der Waals surface area contributed by atoms with E-state index in [2.05, 4.69) is 0 Å². The van der Waals surface area contributed by atoms with Crippen molar-refractivity contribution in [2.45, 2.75) is 70.0 Å². The summed E-state index contributed by atoms with van der Waals surface area (Å²) >= 11 is 0. The fourth-order valence-corrected chi connectivity index (χ4v) is 2.81. The normalized spacial score (nSPS) is 46.6. The van der Waals surface area contributed by atoms with Crippen LogP contribution in [0.4, 0.5) is 0 Å². The minimum Gasteiger partial charge on any atom is -0.479 e. The largest absolute Gasteiger partial charge is 0.479 e. The molecule has 0 aromatic carbocycles. The number of aliphatic carboxylic acids is 1. The topological polar surface area (TPSA) is 83.5 Å². The lowest BCUT2D eigenvalue weighted by molar-refractivity contribution is -0.237. The number of carboxylic acids is 1. The van der Waals surface area contributed by atoms with Gasteiger partial charge in [0, 0.05) is 0 Å². The molecular weight excluding hydrogens is 256 g/mol. The quantitative estimate of drug-likeness (QED) is 0.744. The smallest absolute Gasteiger partial charge is 0.335 e. The van der Waals surface area contributed by atoms with Gasteiger partial charge in [0.15, 0.2) is 24.0 Å². The Bertz CT molecular complexity index is 405. The molecule has 3 fully saturated rings. The molecule has 0 aromatic heterocycles. The Morgan fingerprint density at radius 2 is 1.42 bits per heavy atom.